The Morgan fingerprint density at radius 1 is 1.00 bits per heavy atom. The van der Waals surface area contributed by atoms with E-state index in [1.165, 1.54) is 5.56 Å². The van der Waals surface area contributed by atoms with E-state index in [0.717, 1.165) is 41.0 Å². The molecule has 2 N–H and O–H groups in total. The number of halogens is 1. The molecular weight excluding hydrogens is 290 g/mol. The second kappa shape index (κ2) is 8.08. The number of nitrogens with two attached hydrogens (primary N) is 1. The minimum absolute atomic E-state index is 0.734. The van der Waals surface area contributed by atoms with Crippen molar-refractivity contribution in [2.24, 2.45) is 0 Å². The maximum absolute atomic E-state index is 5.85. The zero-order chi connectivity index (χ0) is 14.2. The van der Waals surface area contributed by atoms with Crippen molar-refractivity contribution in [3.63, 3.8) is 0 Å². The Kier molecular flexibility index (Phi) is 6.09. The van der Waals surface area contributed by atoms with Crippen LogP contribution in [0.4, 0.5) is 5.69 Å². The van der Waals surface area contributed by atoms with Gasteiger partial charge >= 0.3 is 0 Å². The van der Waals surface area contributed by atoms with E-state index in [0.29, 0.717) is 0 Å². The standard InChI is InChI=1S/C16H18ClNOS/c17-14-4-2-13(3-5-14)12-20-11-1-10-19-16-8-6-15(18)7-9-16/h2-9H,1,10-12,18H2. The van der Waals surface area contributed by atoms with Gasteiger partial charge in [-0.15, -0.1) is 0 Å². The van der Waals surface area contributed by atoms with Crippen LogP contribution < -0.4 is 10.5 Å². The number of rotatable bonds is 7. The van der Waals surface area contributed by atoms with Crippen LogP contribution in [0.3, 0.4) is 0 Å². The Morgan fingerprint density at radius 2 is 1.70 bits per heavy atom. The average molecular weight is 308 g/mol. The molecule has 0 aromatic heterocycles. The van der Waals surface area contributed by atoms with Gasteiger partial charge in [-0.1, -0.05) is 23.7 Å². The fourth-order valence-electron chi connectivity index (χ4n) is 1.69. The van der Waals surface area contributed by atoms with E-state index in [9.17, 15) is 0 Å². The smallest absolute Gasteiger partial charge is 0.119 e. The molecule has 0 aliphatic carbocycles. The summed E-state index contributed by atoms with van der Waals surface area (Å²) in [5, 5.41) is 0.788. The molecular formula is C16H18ClNOS. The summed E-state index contributed by atoms with van der Waals surface area (Å²) >= 11 is 7.76. The number of ether oxygens (including phenoxy) is 1. The van der Waals surface area contributed by atoms with Crippen LogP contribution >= 0.6 is 23.4 Å². The van der Waals surface area contributed by atoms with Crippen LogP contribution in [0.15, 0.2) is 48.5 Å². The van der Waals surface area contributed by atoms with Gasteiger partial charge in [-0.2, -0.15) is 11.8 Å². The zero-order valence-electron chi connectivity index (χ0n) is 11.2. The lowest BCUT2D eigenvalue weighted by Gasteiger charge is -2.06. The predicted octanol–water partition coefficient (Wildman–Crippen LogP) is 4.62. The highest BCUT2D eigenvalue weighted by Crippen LogP contribution is 2.17. The molecule has 0 atom stereocenters. The first kappa shape index (κ1) is 15.1. The van der Waals surface area contributed by atoms with Crippen molar-refractivity contribution in [2.75, 3.05) is 18.1 Å². The number of hydrogen-bond acceptors (Lipinski definition) is 3. The van der Waals surface area contributed by atoms with Gasteiger partial charge in [0.05, 0.1) is 6.61 Å². The molecule has 2 rings (SSSR count). The number of hydrogen-bond donors (Lipinski definition) is 1. The van der Waals surface area contributed by atoms with Gasteiger partial charge in [0.2, 0.25) is 0 Å². The van der Waals surface area contributed by atoms with E-state index in [2.05, 4.69) is 12.1 Å². The molecule has 0 saturated heterocycles. The van der Waals surface area contributed by atoms with Crippen molar-refractivity contribution in [1.29, 1.82) is 0 Å². The predicted molar refractivity (Wildman–Crippen MR) is 88.6 cm³/mol. The molecule has 0 aliphatic rings. The molecule has 0 radical (unpaired) electrons. The second-order valence-electron chi connectivity index (χ2n) is 4.45. The molecule has 0 fully saturated rings. The lowest BCUT2D eigenvalue weighted by molar-refractivity contribution is 0.319. The van der Waals surface area contributed by atoms with Gasteiger partial charge in [-0.05, 0) is 54.1 Å². The summed E-state index contributed by atoms with van der Waals surface area (Å²) in [4.78, 5) is 0. The maximum Gasteiger partial charge on any atom is 0.119 e. The molecule has 0 heterocycles. The summed E-state index contributed by atoms with van der Waals surface area (Å²) in [5.41, 5.74) is 7.68. The van der Waals surface area contributed by atoms with Crippen molar-refractivity contribution in [2.45, 2.75) is 12.2 Å². The number of anilines is 1. The molecule has 0 spiro atoms. The minimum Gasteiger partial charge on any atom is -0.494 e. The van der Waals surface area contributed by atoms with Crippen molar-refractivity contribution < 1.29 is 4.74 Å². The van der Waals surface area contributed by atoms with Crippen LogP contribution in [0.1, 0.15) is 12.0 Å². The molecule has 2 aromatic carbocycles. The van der Waals surface area contributed by atoms with E-state index in [1.807, 2.05) is 48.2 Å². The largest absolute Gasteiger partial charge is 0.494 e. The molecule has 20 heavy (non-hydrogen) atoms. The first-order valence-electron chi connectivity index (χ1n) is 6.54. The lowest BCUT2D eigenvalue weighted by Crippen LogP contribution is -1.99. The first-order chi connectivity index (χ1) is 9.74. The molecule has 2 aromatic rings. The second-order valence-corrected chi connectivity index (χ2v) is 5.99. The Morgan fingerprint density at radius 3 is 2.40 bits per heavy atom. The summed E-state index contributed by atoms with van der Waals surface area (Å²) in [6, 6.07) is 15.5. The highest BCUT2D eigenvalue weighted by molar-refractivity contribution is 7.98. The first-order valence-corrected chi connectivity index (χ1v) is 8.08. The fraction of sp³-hybridized carbons (Fsp3) is 0.250. The summed E-state index contributed by atoms with van der Waals surface area (Å²) in [6.45, 7) is 0.734. The number of benzene rings is 2. The number of nitrogen functional groups attached to an aromatic ring is 1. The summed E-state index contributed by atoms with van der Waals surface area (Å²) in [7, 11) is 0. The van der Waals surface area contributed by atoms with Gasteiger partial charge in [-0.25, -0.2) is 0 Å². The molecule has 2 nitrogen and oxygen atoms in total. The molecule has 0 amide bonds. The third-order valence-electron chi connectivity index (χ3n) is 2.76. The van der Waals surface area contributed by atoms with Crippen molar-refractivity contribution >= 4 is 29.1 Å². The van der Waals surface area contributed by atoms with Gasteiger partial charge in [0.25, 0.3) is 0 Å². The van der Waals surface area contributed by atoms with Crippen molar-refractivity contribution in [3.8, 4) is 5.75 Å². The van der Waals surface area contributed by atoms with E-state index in [-0.39, 0.29) is 0 Å². The Balaban J connectivity index is 1.57. The van der Waals surface area contributed by atoms with Crippen LogP contribution in [-0.2, 0) is 5.75 Å². The molecule has 0 aliphatic heterocycles. The zero-order valence-corrected chi connectivity index (χ0v) is 12.8. The topological polar surface area (TPSA) is 35.2 Å². The van der Waals surface area contributed by atoms with Crippen LogP contribution in [0.25, 0.3) is 0 Å². The monoisotopic (exact) mass is 307 g/mol. The maximum atomic E-state index is 5.85. The fourth-order valence-corrected chi connectivity index (χ4v) is 2.71. The summed E-state index contributed by atoms with van der Waals surface area (Å²) < 4.78 is 5.64. The van der Waals surface area contributed by atoms with Gasteiger partial charge < -0.3 is 10.5 Å². The van der Waals surface area contributed by atoms with Gasteiger partial charge in [0.1, 0.15) is 5.75 Å². The Bertz CT molecular complexity index is 464. The van der Waals surface area contributed by atoms with Crippen LogP contribution in [-0.4, -0.2) is 12.4 Å². The van der Waals surface area contributed by atoms with Gasteiger partial charge in [0.15, 0.2) is 0 Å². The average Bonchev–Trinajstić information content (AvgIpc) is 2.46. The van der Waals surface area contributed by atoms with Crippen LogP contribution in [0.2, 0.25) is 5.02 Å². The minimum atomic E-state index is 0.734. The third kappa shape index (κ3) is 5.35. The van der Waals surface area contributed by atoms with Crippen molar-refractivity contribution in [1.82, 2.24) is 0 Å². The van der Waals surface area contributed by atoms with Gasteiger partial charge in [-0.3, -0.25) is 0 Å². The van der Waals surface area contributed by atoms with E-state index < -0.39 is 0 Å². The van der Waals surface area contributed by atoms with Crippen LogP contribution in [0.5, 0.6) is 5.75 Å². The summed E-state index contributed by atoms with van der Waals surface area (Å²) in [5.74, 6) is 2.97. The number of thioether (sulfide) groups is 1. The van der Waals surface area contributed by atoms with E-state index >= 15 is 0 Å². The highest BCUT2D eigenvalue weighted by Gasteiger charge is 1.96. The Hall–Kier alpha value is -1.32. The van der Waals surface area contributed by atoms with Crippen molar-refractivity contribution in [3.05, 3.63) is 59.1 Å². The SMILES string of the molecule is Nc1ccc(OCCCSCc2ccc(Cl)cc2)cc1. The molecule has 4 heteroatoms. The van der Waals surface area contributed by atoms with Crippen LogP contribution in [0, 0.1) is 0 Å². The quantitative estimate of drug-likeness (QED) is 0.598. The lowest BCUT2D eigenvalue weighted by atomic mass is 10.2. The molecule has 0 bridgehead atoms. The normalized spacial score (nSPS) is 10.4. The van der Waals surface area contributed by atoms with E-state index in [4.69, 9.17) is 22.1 Å². The summed E-state index contributed by atoms with van der Waals surface area (Å²) in [6.07, 6.45) is 1.03. The molecule has 0 unspecified atom stereocenters. The third-order valence-corrected chi connectivity index (χ3v) is 4.13. The molecule has 106 valence electrons. The van der Waals surface area contributed by atoms with E-state index in [1.54, 1.807) is 0 Å². The Labute approximate surface area is 129 Å². The molecule has 0 saturated carbocycles. The van der Waals surface area contributed by atoms with Gasteiger partial charge in [0, 0.05) is 16.5 Å². The highest BCUT2D eigenvalue weighted by atomic mass is 35.5.